The summed E-state index contributed by atoms with van der Waals surface area (Å²) in [5.41, 5.74) is 5.35. The number of aromatic nitrogens is 2. The fraction of sp³-hybridized carbons (Fsp3) is 0.158. The molecular weight excluding hydrogens is 284 g/mol. The number of imidazole rings is 1. The van der Waals surface area contributed by atoms with Crippen molar-refractivity contribution >= 4 is 33.3 Å². The van der Waals surface area contributed by atoms with Crippen LogP contribution in [0.1, 0.15) is 19.4 Å². The highest BCUT2D eigenvalue weighted by molar-refractivity contribution is 5.94. The SMILES string of the molecule is CC(C)Nc1ccc2cc(C#N)c3nc4ccccc4n3c2c1. The molecule has 4 aromatic rings. The maximum atomic E-state index is 9.48. The van der Waals surface area contributed by atoms with Crippen molar-refractivity contribution in [2.75, 3.05) is 5.32 Å². The van der Waals surface area contributed by atoms with Crippen LogP contribution in [0.25, 0.3) is 27.6 Å². The lowest BCUT2D eigenvalue weighted by Gasteiger charge is -2.12. The second kappa shape index (κ2) is 4.99. The van der Waals surface area contributed by atoms with Gasteiger partial charge in [0.1, 0.15) is 6.07 Å². The molecular formula is C19H16N4. The van der Waals surface area contributed by atoms with E-state index in [1.165, 1.54) is 0 Å². The van der Waals surface area contributed by atoms with Crippen LogP contribution in [0.5, 0.6) is 0 Å². The van der Waals surface area contributed by atoms with Crippen molar-refractivity contribution in [1.29, 1.82) is 5.26 Å². The number of pyridine rings is 1. The molecule has 23 heavy (non-hydrogen) atoms. The maximum Gasteiger partial charge on any atom is 0.156 e. The first-order valence-corrected chi connectivity index (χ1v) is 7.68. The average molecular weight is 300 g/mol. The minimum absolute atomic E-state index is 0.362. The number of benzene rings is 2. The van der Waals surface area contributed by atoms with Crippen LogP contribution in [-0.4, -0.2) is 15.4 Å². The molecule has 112 valence electrons. The average Bonchev–Trinajstić information content (AvgIpc) is 2.93. The highest BCUT2D eigenvalue weighted by Gasteiger charge is 2.12. The lowest BCUT2D eigenvalue weighted by molar-refractivity contribution is 0.900. The van der Waals surface area contributed by atoms with Crippen LogP contribution in [0, 0.1) is 11.3 Å². The van der Waals surface area contributed by atoms with Gasteiger partial charge in [0.05, 0.1) is 22.1 Å². The van der Waals surface area contributed by atoms with Crippen LogP contribution in [-0.2, 0) is 0 Å². The molecule has 0 amide bonds. The maximum absolute atomic E-state index is 9.48. The normalized spacial score (nSPS) is 11.4. The predicted octanol–water partition coefficient (Wildman–Crippen LogP) is 4.33. The third kappa shape index (κ3) is 2.09. The van der Waals surface area contributed by atoms with E-state index in [9.17, 15) is 5.26 Å². The third-order valence-electron chi connectivity index (χ3n) is 3.95. The van der Waals surface area contributed by atoms with Gasteiger partial charge in [-0.1, -0.05) is 18.2 Å². The van der Waals surface area contributed by atoms with Crippen molar-refractivity contribution < 1.29 is 0 Å². The van der Waals surface area contributed by atoms with Gasteiger partial charge in [0.25, 0.3) is 0 Å². The molecule has 4 rings (SSSR count). The summed E-state index contributed by atoms with van der Waals surface area (Å²) in [5.74, 6) is 0. The van der Waals surface area contributed by atoms with Crippen molar-refractivity contribution in [2.24, 2.45) is 0 Å². The van der Waals surface area contributed by atoms with E-state index in [4.69, 9.17) is 0 Å². The number of hydrogen-bond donors (Lipinski definition) is 1. The molecule has 4 nitrogen and oxygen atoms in total. The highest BCUT2D eigenvalue weighted by Crippen LogP contribution is 2.28. The Balaban J connectivity index is 2.17. The fourth-order valence-corrected chi connectivity index (χ4v) is 3.04. The summed E-state index contributed by atoms with van der Waals surface area (Å²) in [4.78, 5) is 4.65. The Bertz CT molecular complexity index is 1080. The van der Waals surface area contributed by atoms with Crippen molar-refractivity contribution in [2.45, 2.75) is 19.9 Å². The summed E-state index contributed by atoms with van der Waals surface area (Å²) in [6.45, 7) is 4.23. The van der Waals surface area contributed by atoms with E-state index in [0.717, 1.165) is 27.6 Å². The smallest absolute Gasteiger partial charge is 0.156 e. The Morgan fingerprint density at radius 3 is 2.70 bits per heavy atom. The Morgan fingerprint density at radius 2 is 1.91 bits per heavy atom. The van der Waals surface area contributed by atoms with Gasteiger partial charge < -0.3 is 5.32 Å². The number of hydrogen-bond acceptors (Lipinski definition) is 3. The number of nitriles is 1. The van der Waals surface area contributed by atoms with Gasteiger partial charge in [-0.3, -0.25) is 4.40 Å². The number of nitrogens with one attached hydrogen (secondary N) is 1. The first-order chi connectivity index (χ1) is 11.2. The summed E-state index contributed by atoms with van der Waals surface area (Å²) in [6, 6.07) is 18.8. The Kier molecular flexibility index (Phi) is 2.95. The zero-order valence-electron chi connectivity index (χ0n) is 13.0. The van der Waals surface area contributed by atoms with E-state index in [1.807, 2.05) is 30.3 Å². The lowest BCUT2D eigenvalue weighted by atomic mass is 10.1. The van der Waals surface area contributed by atoms with Gasteiger partial charge in [-0.15, -0.1) is 0 Å². The van der Waals surface area contributed by atoms with E-state index >= 15 is 0 Å². The number of nitrogens with zero attached hydrogens (tertiary/aromatic N) is 3. The van der Waals surface area contributed by atoms with Gasteiger partial charge in [-0.25, -0.2) is 4.98 Å². The van der Waals surface area contributed by atoms with E-state index in [1.54, 1.807) is 0 Å². The van der Waals surface area contributed by atoms with Gasteiger partial charge >= 0.3 is 0 Å². The molecule has 1 N–H and O–H groups in total. The molecule has 0 unspecified atom stereocenters. The number of para-hydroxylation sites is 2. The summed E-state index contributed by atoms with van der Waals surface area (Å²) < 4.78 is 2.08. The minimum atomic E-state index is 0.362. The van der Waals surface area contributed by atoms with Crippen molar-refractivity contribution in [3.8, 4) is 6.07 Å². The molecule has 0 saturated heterocycles. The van der Waals surface area contributed by atoms with Crippen molar-refractivity contribution in [3.05, 3.63) is 54.1 Å². The summed E-state index contributed by atoms with van der Waals surface area (Å²) in [7, 11) is 0. The quantitative estimate of drug-likeness (QED) is 0.599. The van der Waals surface area contributed by atoms with Gasteiger partial charge in [0.15, 0.2) is 5.65 Å². The van der Waals surface area contributed by atoms with Gasteiger partial charge in [-0.2, -0.15) is 5.26 Å². The summed E-state index contributed by atoms with van der Waals surface area (Å²) in [6.07, 6.45) is 0. The standard InChI is InChI=1S/C19H16N4/c1-12(2)21-15-8-7-13-9-14(11-20)19-22-16-5-3-4-6-17(16)23(19)18(13)10-15/h3-10,12,21H,1-2H3. The Labute approximate surface area is 134 Å². The molecule has 0 aliphatic rings. The van der Waals surface area contributed by atoms with E-state index in [-0.39, 0.29) is 0 Å². The molecule has 4 heteroatoms. The largest absolute Gasteiger partial charge is 0.383 e. The zero-order valence-corrected chi connectivity index (χ0v) is 13.0. The van der Waals surface area contributed by atoms with Crippen LogP contribution >= 0.6 is 0 Å². The topological polar surface area (TPSA) is 53.1 Å². The van der Waals surface area contributed by atoms with E-state index in [0.29, 0.717) is 17.3 Å². The second-order valence-electron chi connectivity index (χ2n) is 6.00. The first-order valence-electron chi connectivity index (χ1n) is 7.68. The molecule has 0 spiro atoms. The first kappa shape index (κ1) is 13.6. The van der Waals surface area contributed by atoms with Crippen LogP contribution in [0.3, 0.4) is 0 Å². The van der Waals surface area contributed by atoms with Gasteiger partial charge in [0.2, 0.25) is 0 Å². The molecule has 0 aliphatic heterocycles. The second-order valence-corrected chi connectivity index (χ2v) is 6.00. The number of fused-ring (bicyclic) bond motifs is 5. The molecule has 2 aromatic carbocycles. The predicted molar refractivity (Wildman–Crippen MR) is 93.7 cm³/mol. The van der Waals surface area contributed by atoms with E-state index in [2.05, 4.69) is 52.8 Å². The highest BCUT2D eigenvalue weighted by atomic mass is 15.0. The molecule has 0 radical (unpaired) electrons. The summed E-state index contributed by atoms with van der Waals surface area (Å²) >= 11 is 0. The Morgan fingerprint density at radius 1 is 1.09 bits per heavy atom. The zero-order chi connectivity index (χ0) is 16.0. The van der Waals surface area contributed by atoms with Crippen molar-refractivity contribution in [3.63, 3.8) is 0 Å². The Hall–Kier alpha value is -3.06. The number of anilines is 1. The molecule has 0 saturated carbocycles. The van der Waals surface area contributed by atoms with E-state index < -0.39 is 0 Å². The van der Waals surface area contributed by atoms with Gasteiger partial charge in [0, 0.05) is 17.1 Å². The molecule has 0 atom stereocenters. The summed E-state index contributed by atoms with van der Waals surface area (Å²) in [5, 5.41) is 13.9. The van der Waals surface area contributed by atoms with Gasteiger partial charge in [-0.05, 0) is 44.2 Å². The van der Waals surface area contributed by atoms with Crippen LogP contribution in [0.4, 0.5) is 5.69 Å². The third-order valence-corrected chi connectivity index (χ3v) is 3.95. The monoisotopic (exact) mass is 300 g/mol. The fourth-order valence-electron chi connectivity index (χ4n) is 3.04. The van der Waals surface area contributed by atoms with Crippen molar-refractivity contribution in [1.82, 2.24) is 9.38 Å². The number of rotatable bonds is 2. The minimum Gasteiger partial charge on any atom is -0.383 e. The molecule has 2 aromatic heterocycles. The lowest BCUT2D eigenvalue weighted by Crippen LogP contribution is -2.09. The molecule has 0 fully saturated rings. The van der Waals surface area contributed by atoms with Crippen LogP contribution in [0.2, 0.25) is 0 Å². The van der Waals surface area contributed by atoms with Crippen LogP contribution < -0.4 is 5.32 Å². The molecule has 0 aliphatic carbocycles. The van der Waals surface area contributed by atoms with Crippen LogP contribution in [0.15, 0.2) is 48.5 Å². The molecule has 0 bridgehead atoms. The molecule has 2 heterocycles.